The van der Waals surface area contributed by atoms with Crippen molar-refractivity contribution in [3.8, 4) is 5.75 Å². The van der Waals surface area contributed by atoms with Crippen LogP contribution in [0.3, 0.4) is 0 Å². The van der Waals surface area contributed by atoms with Crippen LogP contribution in [0.5, 0.6) is 5.75 Å². The van der Waals surface area contributed by atoms with E-state index >= 15 is 0 Å². The number of rotatable bonds is 17. The second kappa shape index (κ2) is 17.0. The molecule has 4 atom stereocenters. The molecule has 0 radical (unpaired) electrons. The number of hydrogen-bond acceptors (Lipinski definition) is 9. The van der Waals surface area contributed by atoms with Gasteiger partial charge in [0.1, 0.15) is 12.4 Å². The van der Waals surface area contributed by atoms with Crippen LogP contribution in [0.15, 0.2) is 42.5 Å². The molecule has 0 aromatic heterocycles. The van der Waals surface area contributed by atoms with Crippen molar-refractivity contribution in [2.24, 2.45) is 0 Å². The molecule has 0 aliphatic carbocycles. The number of aliphatic hydroxyl groups excluding tert-OH is 1. The smallest absolute Gasteiger partial charge is 0.142 e. The van der Waals surface area contributed by atoms with Crippen molar-refractivity contribution in [1.82, 2.24) is 5.32 Å². The van der Waals surface area contributed by atoms with E-state index < -0.39 is 6.10 Å². The Morgan fingerprint density at radius 1 is 0.951 bits per heavy atom. The van der Waals surface area contributed by atoms with Gasteiger partial charge in [0.25, 0.3) is 0 Å². The summed E-state index contributed by atoms with van der Waals surface area (Å²) in [5, 5.41) is 13.7. The van der Waals surface area contributed by atoms with Gasteiger partial charge in [0, 0.05) is 46.4 Å². The lowest BCUT2D eigenvalue weighted by Crippen LogP contribution is -2.51. The van der Waals surface area contributed by atoms with E-state index in [9.17, 15) is 5.11 Å². The largest absolute Gasteiger partial charge is 0.490 e. The summed E-state index contributed by atoms with van der Waals surface area (Å²) in [7, 11) is 3.41. The summed E-state index contributed by atoms with van der Waals surface area (Å²) in [5.74, 6) is 0.944. The van der Waals surface area contributed by atoms with Gasteiger partial charge in [0.05, 0.1) is 63.6 Å². The molecule has 1 fully saturated rings. The maximum absolute atomic E-state index is 10.2. The third-order valence-electron chi connectivity index (χ3n) is 7.75. The number of piperidine rings is 1. The number of nitrogens with zero attached hydrogens (tertiary/aromatic N) is 1. The lowest BCUT2D eigenvalue weighted by Gasteiger charge is -2.39. The van der Waals surface area contributed by atoms with Gasteiger partial charge in [0.2, 0.25) is 0 Å². The van der Waals surface area contributed by atoms with Gasteiger partial charge in [0.15, 0.2) is 0 Å². The summed E-state index contributed by atoms with van der Waals surface area (Å²) >= 11 is 0. The van der Waals surface area contributed by atoms with Gasteiger partial charge in [-0.1, -0.05) is 37.3 Å². The van der Waals surface area contributed by atoms with Crippen molar-refractivity contribution >= 4 is 5.69 Å². The highest BCUT2D eigenvalue weighted by Gasteiger charge is 2.36. The molecule has 41 heavy (non-hydrogen) atoms. The average Bonchev–Trinajstić information content (AvgIpc) is 3.01. The van der Waals surface area contributed by atoms with Crippen molar-refractivity contribution in [2.75, 3.05) is 78.3 Å². The second-order valence-corrected chi connectivity index (χ2v) is 10.7. The molecule has 4 rings (SSSR count). The Hall–Kier alpha value is -2.24. The minimum atomic E-state index is -0.479. The molecule has 2 aliphatic rings. The molecule has 9 heteroatoms. The predicted molar refractivity (Wildman–Crippen MR) is 159 cm³/mol. The Morgan fingerprint density at radius 3 is 2.46 bits per heavy atom. The van der Waals surface area contributed by atoms with E-state index in [1.165, 1.54) is 0 Å². The predicted octanol–water partition coefficient (Wildman–Crippen LogP) is 3.51. The van der Waals surface area contributed by atoms with Crippen molar-refractivity contribution in [3.63, 3.8) is 0 Å². The molecule has 9 nitrogen and oxygen atoms in total. The Labute approximate surface area is 245 Å². The molecule has 1 saturated heterocycles. The third-order valence-corrected chi connectivity index (χ3v) is 7.75. The standard InChI is InChI=1S/C32H48N2O7/c1-4-27(35)23-41-31-20-33-19-30(32(31)26-9-6-24(7-10-26)21-38-17-16-37-3)40-22-25-8-11-29-28(18-25)34(13-15-39-29)12-5-14-36-2/h6-11,18,27,30-33,35H,4-5,12-17,19-23H2,1-3H3/t27-,30+,31-,32?/m1/s1. The van der Waals surface area contributed by atoms with Gasteiger partial charge in [-0.2, -0.15) is 0 Å². The number of benzene rings is 2. The first-order valence-electron chi connectivity index (χ1n) is 14.9. The molecule has 2 N–H and O–H groups in total. The summed E-state index contributed by atoms with van der Waals surface area (Å²) < 4.78 is 34.8. The first-order valence-corrected chi connectivity index (χ1v) is 14.9. The molecule has 228 valence electrons. The number of fused-ring (bicyclic) bond motifs is 1. The zero-order valence-corrected chi connectivity index (χ0v) is 24.9. The fourth-order valence-electron chi connectivity index (χ4n) is 5.38. The maximum atomic E-state index is 10.2. The zero-order chi connectivity index (χ0) is 28.9. The highest BCUT2D eigenvalue weighted by atomic mass is 16.5. The normalized spacial score (nSPS) is 21.4. The van der Waals surface area contributed by atoms with Gasteiger partial charge in [-0.15, -0.1) is 0 Å². The van der Waals surface area contributed by atoms with Gasteiger partial charge in [-0.05, 0) is 41.7 Å². The Balaban J connectivity index is 1.46. The zero-order valence-electron chi connectivity index (χ0n) is 24.9. The molecule has 0 amide bonds. The molecule has 0 spiro atoms. The first kappa shape index (κ1) is 31.7. The van der Waals surface area contributed by atoms with Crippen LogP contribution in [0, 0.1) is 0 Å². The van der Waals surface area contributed by atoms with Crippen LogP contribution in [-0.4, -0.2) is 96.9 Å². The van der Waals surface area contributed by atoms with Crippen molar-refractivity contribution < 1.29 is 33.5 Å². The Morgan fingerprint density at radius 2 is 1.71 bits per heavy atom. The van der Waals surface area contributed by atoms with Crippen LogP contribution in [0.1, 0.15) is 42.4 Å². The van der Waals surface area contributed by atoms with Gasteiger partial charge in [-0.25, -0.2) is 0 Å². The van der Waals surface area contributed by atoms with E-state index in [1.54, 1.807) is 14.2 Å². The number of anilines is 1. The molecule has 0 bridgehead atoms. The highest BCUT2D eigenvalue weighted by molar-refractivity contribution is 5.61. The fraction of sp³-hybridized carbons (Fsp3) is 0.625. The summed E-state index contributed by atoms with van der Waals surface area (Å²) in [6, 6.07) is 14.9. The van der Waals surface area contributed by atoms with Crippen molar-refractivity contribution in [3.05, 3.63) is 59.2 Å². The number of nitrogens with one attached hydrogen (secondary N) is 1. The Kier molecular flexibility index (Phi) is 13.2. The minimum absolute atomic E-state index is 0.0234. The second-order valence-electron chi connectivity index (χ2n) is 10.7. The molecular formula is C32H48N2O7. The first-order chi connectivity index (χ1) is 20.1. The van der Waals surface area contributed by atoms with Crippen LogP contribution < -0.4 is 15.0 Å². The molecule has 2 aromatic rings. The van der Waals surface area contributed by atoms with Crippen LogP contribution in [0.25, 0.3) is 0 Å². The monoisotopic (exact) mass is 572 g/mol. The van der Waals surface area contributed by atoms with E-state index in [-0.39, 0.29) is 18.1 Å². The molecular weight excluding hydrogens is 524 g/mol. The van der Waals surface area contributed by atoms with E-state index in [2.05, 4.69) is 52.7 Å². The third kappa shape index (κ3) is 9.38. The van der Waals surface area contributed by atoms with Crippen molar-refractivity contribution in [1.29, 1.82) is 0 Å². The van der Waals surface area contributed by atoms with E-state index in [4.69, 9.17) is 28.4 Å². The topological polar surface area (TPSA) is 90.9 Å². The number of aliphatic hydroxyl groups is 1. The summed E-state index contributed by atoms with van der Waals surface area (Å²) in [6.45, 7) is 9.10. The molecule has 1 unspecified atom stereocenters. The summed E-state index contributed by atoms with van der Waals surface area (Å²) in [6.07, 6.45) is 0.937. The molecule has 2 aliphatic heterocycles. The van der Waals surface area contributed by atoms with Crippen LogP contribution in [-0.2, 0) is 36.9 Å². The van der Waals surface area contributed by atoms with E-state index in [0.29, 0.717) is 52.6 Å². The minimum Gasteiger partial charge on any atom is -0.490 e. The summed E-state index contributed by atoms with van der Waals surface area (Å²) in [5.41, 5.74) is 4.50. The van der Waals surface area contributed by atoms with Gasteiger partial charge < -0.3 is 43.7 Å². The number of hydrogen-bond donors (Lipinski definition) is 2. The molecule has 2 heterocycles. The molecule has 0 saturated carbocycles. The van der Waals surface area contributed by atoms with Crippen LogP contribution >= 0.6 is 0 Å². The average molecular weight is 573 g/mol. The SMILES string of the molecule is CC[C@@H](O)CO[C@@H]1CNC[C@H](OCc2ccc3c(c2)N(CCCOC)CCO3)C1c1ccc(COCCOC)cc1. The lowest BCUT2D eigenvalue weighted by molar-refractivity contribution is -0.0777. The fourth-order valence-corrected chi connectivity index (χ4v) is 5.38. The quantitative estimate of drug-likeness (QED) is 0.276. The summed E-state index contributed by atoms with van der Waals surface area (Å²) in [4.78, 5) is 2.37. The lowest BCUT2D eigenvalue weighted by atomic mass is 9.85. The van der Waals surface area contributed by atoms with Gasteiger partial charge in [-0.3, -0.25) is 0 Å². The number of ether oxygens (including phenoxy) is 6. The van der Waals surface area contributed by atoms with Crippen LogP contribution in [0.4, 0.5) is 5.69 Å². The van der Waals surface area contributed by atoms with E-state index in [0.717, 1.165) is 60.8 Å². The van der Waals surface area contributed by atoms with Crippen LogP contribution in [0.2, 0.25) is 0 Å². The molecule has 2 aromatic carbocycles. The van der Waals surface area contributed by atoms with E-state index in [1.807, 2.05) is 6.92 Å². The maximum Gasteiger partial charge on any atom is 0.142 e. The Bertz CT molecular complexity index is 1020. The number of methoxy groups -OCH3 is 2. The van der Waals surface area contributed by atoms with Gasteiger partial charge >= 0.3 is 0 Å². The highest BCUT2D eigenvalue weighted by Crippen LogP contribution is 2.34. The van der Waals surface area contributed by atoms with Crippen molar-refractivity contribution in [2.45, 2.75) is 57.2 Å².